The predicted octanol–water partition coefficient (Wildman–Crippen LogP) is 5.16. The van der Waals surface area contributed by atoms with Crippen molar-refractivity contribution in [3.05, 3.63) is 83.9 Å². The molecule has 0 bridgehead atoms. The van der Waals surface area contributed by atoms with E-state index in [2.05, 4.69) is 9.88 Å². The molecule has 0 radical (unpaired) electrons. The Hall–Kier alpha value is -3.49. The van der Waals surface area contributed by atoms with Crippen LogP contribution in [0.25, 0.3) is 11.5 Å². The monoisotopic (exact) mass is 509 g/mol. The Labute approximate surface area is 209 Å². The number of hydrogen-bond donors (Lipinski definition) is 0. The quantitative estimate of drug-likeness (QED) is 0.355. The summed E-state index contributed by atoms with van der Waals surface area (Å²) in [6.07, 6.45) is 0. The van der Waals surface area contributed by atoms with E-state index in [0.717, 1.165) is 11.4 Å². The van der Waals surface area contributed by atoms with E-state index in [1.807, 2.05) is 59.5 Å². The van der Waals surface area contributed by atoms with Crippen molar-refractivity contribution in [1.29, 1.82) is 0 Å². The number of rotatable bonds is 6. The van der Waals surface area contributed by atoms with E-state index in [9.17, 15) is 8.42 Å². The first-order valence-electron chi connectivity index (χ1n) is 11.2. The molecular formula is C26H24ClN3O4S. The van der Waals surface area contributed by atoms with Crippen molar-refractivity contribution in [3.63, 3.8) is 0 Å². The lowest BCUT2D eigenvalue weighted by atomic mass is 10.2. The van der Waals surface area contributed by atoms with Gasteiger partial charge in [0.25, 0.3) is 0 Å². The summed E-state index contributed by atoms with van der Waals surface area (Å²) >= 11 is 5.98. The number of ether oxygens (including phenoxy) is 1. The normalized spacial score (nSPS) is 14.2. The first-order chi connectivity index (χ1) is 17.0. The smallest absolute Gasteiger partial charge is 0.236 e. The summed E-state index contributed by atoms with van der Waals surface area (Å²) in [6.45, 7) is 2.57. The second-order valence-electron chi connectivity index (χ2n) is 8.12. The maximum atomic E-state index is 13.6. The van der Waals surface area contributed by atoms with E-state index in [-0.39, 0.29) is 21.7 Å². The van der Waals surface area contributed by atoms with Crippen LogP contribution in [0.4, 0.5) is 11.6 Å². The van der Waals surface area contributed by atoms with Crippen molar-refractivity contribution in [2.45, 2.75) is 9.92 Å². The molecule has 4 aromatic rings. The van der Waals surface area contributed by atoms with E-state index in [4.69, 9.17) is 20.8 Å². The van der Waals surface area contributed by atoms with Gasteiger partial charge in [0.15, 0.2) is 0 Å². The third-order valence-corrected chi connectivity index (χ3v) is 7.90. The molecule has 0 spiro atoms. The van der Waals surface area contributed by atoms with Crippen LogP contribution in [-0.2, 0) is 9.84 Å². The van der Waals surface area contributed by atoms with Gasteiger partial charge in [-0.1, -0.05) is 29.8 Å². The number of benzene rings is 3. The summed E-state index contributed by atoms with van der Waals surface area (Å²) in [5, 5.41) is 0.375. The molecule has 0 atom stereocenters. The molecule has 1 fully saturated rings. The highest BCUT2D eigenvalue weighted by molar-refractivity contribution is 7.91. The molecule has 0 aliphatic carbocycles. The van der Waals surface area contributed by atoms with Crippen LogP contribution in [0, 0.1) is 0 Å². The van der Waals surface area contributed by atoms with E-state index in [0.29, 0.717) is 36.8 Å². The van der Waals surface area contributed by atoms with Crippen molar-refractivity contribution in [2.24, 2.45) is 0 Å². The van der Waals surface area contributed by atoms with Crippen molar-refractivity contribution in [3.8, 4) is 17.2 Å². The zero-order valence-electron chi connectivity index (χ0n) is 19.1. The van der Waals surface area contributed by atoms with Gasteiger partial charge in [-0.25, -0.2) is 8.42 Å². The summed E-state index contributed by atoms with van der Waals surface area (Å²) in [5.74, 6) is 1.33. The van der Waals surface area contributed by atoms with E-state index in [1.54, 1.807) is 19.2 Å². The topological polar surface area (TPSA) is 75.9 Å². The van der Waals surface area contributed by atoms with Crippen molar-refractivity contribution in [2.75, 3.05) is 43.1 Å². The molecule has 1 aliphatic heterocycles. The number of hydrogen-bond acceptors (Lipinski definition) is 7. The zero-order chi connectivity index (χ0) is 24.4. The van der Waals surface area contributed by atoms with E-state index in [1.165, 1.54) is 12.1 Å². The Balaban J connectivity index is 1.47. The fourth-order valence-electron chi connectivity index (χ4n) is 4.06. The summed E-state index contributed by atoms with van der Waals surface area (Å²) < 4.78 is 38.5. The summed E-state index contributed by atoms with van der Waals surface area (Å²) in [4.78, 5) is 8.78. The molecule has 3 aromatic carbocycles. The Morgan fingerprint density at radius 2 is 1.49 bits per heavy atom. The van der Waals surface area contributed by atoms with Crippen LogP contribution in [-0.4, -0.2) is 46.7 Å². The maximum absolute atomic E-state index is 13.6. The Bertz CT molecular complexity index is 1400. The standard InChI is InChI=1S/C26H24ClN3O4S/c1-33-22-11-9-21(10-12-22)29-15-17-30(18-16-29)26-25(28-24(34-26)19-5-3-2-4-6-19)35(31,32)23-13-7-20(27)8-14-23/h2-14H,15-18H2,1H3. The van der Waals surface area contributed by atoms with Crippen molar-refractivity contribution < 1.29 is 17.6 Å². The minimum atomic E-state index is -3.93. The van der Waals surface area contributed by atoms with Gasteiger partial charge in [0.05, 0.1) is 12.0 Å². The second kappa shape index (κ2) is 9.64. The average Bonchev–Trinajstić information content (AvgIpc) is 3.36. The number of sulfone groups is 1. The molecule has 0 N–H and O–H groups in total. The molecule has 1 aliphatic rings. The number of oxazole rings is 1. The molecule has 9 heteroatoms. The highest BCUT2D eigenvalue weighted by Gasteiger charge is 2.33. The molecule has 0 amide bonds. The molecule has 180 valence electrons. The van der Waals surface area contributed by atoms with Crippen molar-refractivity contribution in [1.82, 2.24) is 4.98 Å². The van der Waals surface area contributed by atoms with Crippen LogP contribution < -0.4 is 14.5 Å². The van der Waals surface area contributed by atoms with Crippen LogP contribution >= 0.6 is 11.6 Å². The third-order valence-electron chi connectivity index (χ3n) is 5.98. The molecule has 0 saturated carbocycles. The zero-order valence-corrected chi connectivity index (χ0v) is 20.7. The molecular weight excluding hydrogens is 486 g/mol. The van der Waals surface area contributed by atoms with Gasteiger partial charge in [-0.05, 0) is 60.7 Å². The number of methoxy groups -OCH3 is 1. The highest BCUT2D eigenvalue weighted by Crippen LogP contribution is 2.35. The first-order valence-corrected chi connectivity index (χ1v) is 13.0. The number of halogens is 1. The number of aromatic nitrogens is 1. The Morgan fingerprint density at radius 1 is 0.857 bits per heavy atom. The molecule has 5 rings (SSSR count). The summed E-state index contributed by atoms with van der Waals surface area (Å²) in [5.41, 5.74) is 1.80. The number of anilines is 2. The molecule has 0 unspecified atom stereocenters. The molecule has 7 nitrogen and oxygen atoms in total. The van der Waals surface area contributed by atoms with Gasteiger partial charge in [-0.2, -0.15) is 4.98 Å². The third kappa shape index (κ3) is 4.72. The van der Waals surface area contributed by atoms with Crippen LogP contribution in [0.15, 0.2) is 93.2 Å². The first kappa shape index (κ1) is 23.3. The lowest BCUT2D eigenvalue weighted by Crippen LogP contribution is -2.46. The van der Waals surface area contributed by atoms with Gasteiger partial charge in [0.1, 0.15) is 5.75 Å². The summed E-state index contributed by atoms with van der Waals surface area (Å²) in [6, 6.07) is 23.3. The number of piperazine rings is 1. The van der Waals surface area contributed by atoms with Gasteiger partial charge in [-0.3, -0.25) is 0 Å². The maximum Gasteiger partial charge on any atom is 0.236 e. The van der Waals surface area contributed by atoms with Crippen LogP contribution in [0.3, 0.4) is 0 Å². The average molecular weight is 510 g/mol. The minimum absolute atomic E-state index is 0.0865. The molecule has 2 heterocycles. The number of nitrogens with zero attached hydrogens (tertiary/aromatic N) is 3. The van der Waals surface area contributed by atoms with Gasteiger partial charge in [-0.15, -0.1) is 0 Å². The summed E-state index contributed by atoms with van der Waals surface area (Å²) in [7, 11) is -2.29. The predicted molar refractivity (Wildman–Crippen MR) is 136 cm³/mol. The lowest BCUT2D eigenvalue weighted by molar-refractivity contribution is 0.415. The van der Waals surface area contributed by atoms with E-state index >= 15 is 0 Å². The SMILES string of the molecule is COc1ccc(N2CCN(c3oc(-c4ccccc4)nc3S(=O)(=O)c3ccc(Cl)cc3)CC2)cc1. The van der Waals surface area contributed by atoms with Crippen molar-refractivity contribution >= 4 is 33.0 Å². The second-order valence-corrected chi connectivity index (χ2v) is 10.4. The van der Waals surface area contributed by atoms with Gasteiger partial charge >= 0.3 is 0 Å². The van der Waals surface area contributed by atoms with Crippen LogP contribution in [0.1, 0.15) is 0 Å². The fraction of sp³-hybridized carbons (Fsp3) is 0.192. The van der Waals surface area contributed by atoms with Crippen LogP contribution in [0.5, 0.6) is 5.75 Å². The van der Waals surface area contributed by atoms with Gasteiger partial charge in [0, 0.05) is 42.5 Å². The van der Waals surface area contributed by atoms with Crippen LogP contribution in [0.2, 0.25) is 5.02 Å². The fourth-order valence-corrected chi connectivity index (χ4v) is 5.51. The molecule has 1 aromatic heterocycles. The van der Waals surface area contributed by atoms with Gasteiger partial charge < -0.3 is 19.0 Å². The largest absolute Gasteiger partial charge is 0.497 e. The molecule has 35 heavy (non-hydrogen) atoms. The Morgan fingerprint density at radius 3 is 2.11 bits per heavy atom. The minimum Gasteiger partial charge on any atom is -0.497 e. The van der Waals surface area contributed by atoms with Gasteiger partial charge in [0.2, 0.25) is 26.6 Å². The Kier molecular flexibility index (Phi) is 6.40. The molecule has 1 saturated heterocycles. The lowest BCUT2D eigenvalue weighted by Gasteiger charge is -2.36. The highest BCUT2D eigenvalue weighted by atomic mass is 35.5. The van der Waals surface area contributed by atoms with E-state index < -0.39 is 9.84 Å².